The second-order valence-corrected chi connectivity index (χ2v) is 9.48. The number of carbonyl (C=O) groups excluding carboxylic acids is 1. The van der Waals surface area contributed by atoms with Crippen LogP contribution in [0.1, 0.15) is 36.8 Å². The largest absolute Gasteiger partial charge is 0.325 e. The molecule has 0 saturated heterocycles. The molecule has 8 nitrogen and oxygen atoms in total. The zero-order valence-electron chi connectivity index (χ0n) is 18.0. The highest BCUT2D eigenvalue weighted by molar-refractivity contribution is 7.90. The van der Waals surface area contributed by atoms with Crippen molar-refractivity contribution in [3.63, 3.8) is 0 Å². The van der Waals surface area contributed by atoms with Gasteiger partial charge in [0.1, 0.15) is 5.84 Å². The molecule has 0 fully saturated rings. The maximum Gasteiger partial charge on any atom is 0.262 e. The minimum absolute atomic E-state index is 0.0770. The molecule has 2 N–H and O–H groups in total. The normalized spacial score (nSPS) is 14.2. The summed E-state index contributed by atoms with van der Waals surface area (Å²) in [4.78, 5) is 18.7. The van der Waals surface area contributed by atoms with E-state index in [4.69, 9.17) is 5.26 Å². The maximum absolute atomic E-state index is 12.7. The van der Waals surface area contributed by atoms with Crippen molar-refractivity contribution in [1.82, 2.24) is 9.62 Å². The lowest BCUT2D eigenvalue weighted by Gasteiger charge is -2.17. The van der Waals surface area contributed by atoms with Gasteiger partial charge in [-0.1, -0.05) is 24.6 Å². The van der Waals surface area contributed by atoms with E-state index in [1.54, 1.807) is 24.3 Å². The molecule has 0 atom stereocenters. The molecule has 1 aliphatic heterocycles. The van der Waals surface area contributed by atoms with E-state index in [9.17, 15) is 13.2 Å². The molecule has 0 spiro atoms. The molecule has 32 heavy (non-hydrogen) atoms. The number of hydrogen-bond acceptors (Lipinski definition) is 6. The molecule has 9 heteroatoms. The fourth-order valence-electron chi connectivity index (χ4n) is 3.41. The molecule has 2 aromatic rings. The summed E-state index contributed by atoms with van der Waals surface area (Å²) in [6.07, 6.45) is 3.52. The van der Waals surface area contributed by atoms with Gasteiger partial charge in [-0.15, -0.1) is 0 Å². The maximum atomic E-state index is 12.7. The lowest BCUT2D eigenvalue weighted by Crippen LogP contribution is -2.31. The first-order chi connectivity index (χ1) is 15.4. The van der Waals surface area contributed by atoms with Crippen LogP contribution in [-0.4, -0.2) is 45.2 Å². The van der Waals surface area contributed by atoms with Crippen LogP contribution in [-0.2, 0) is 21.4 Å². The Bertz CT molecular complexity index is 1120. The van der Waals surface area contributed by atoms with Gasteiger partial charge in [0.25, 0.3) is 10.0 Å². The summed E-state index contributed by atoms with van der Waals surface area (Å²) in [7, 11) is -1.95. The van der Waals surface area contributed by atoms with Crippen molar-refractivity contribution >= 4 is 27.5 Å². The van der Waals surface area contributed by atoms with E-state index in [-0.39, 0.29) is 17.3 Å². The molecule has 0 bridgehead atoms. The minimum Gasteiger partial charge on any atom is -0.325 e. The van der Waals surface area contributed by atoms with Gasteiger partial charge < -0.3 is 5.32 Å². The molecule has 0 unspecified atom stereocenters. The van der Waals surface area contributed by atoms with E-state index in [1.807, 2.05) is 24.1 Å². The Morgan fingerprint density at radius 2 is 1.94 bits per heavy atom. The highest BCUT2D eigenvalue weighted by Crippen LogP contribution is 2.17. The standard InChI is InChI=1S/C23H27N5O3S/c1-28(16-19-11-9-18(15-24)10-12-19)17-23(29)26-20-6-5-7-21(14-20)32(30,31)27-22-8-3-2-4-13-25-22/h5-7,9-12,14H,2-4,8,13,16-17H2,1H3,(H,25,27)(H,26,29). The van der Waals surface area contributed by atoms with Crippen LogP contribution >= 0.6 is 0 Å². The summed E-state index contributed by atoms with van der Waals surface area (Å²) < 4.78 is 28.1. The van der Waals surface area contributed by atoms with Crippen molar-refractivity contribution < 1.29 is 13.2 Å². The summed E-state index contributed by atoms with van der Waals surface area (Å²) in [6.45, 7) is 1.30. The number of nitrogens with zero attached hydrogens (tertiary/aromatic N) is 3. The zero-order chi connectivity index (χ0) is 23.0. The number of rotatable bonds is 7. The molecule has 0 aliphatic carbocycles. The summed E-state index contributed by atoms with van der Waals surface area (Å²) in [5, 5.41) is 11.6. The topological polar surface area (TPSA) is 115 Å². The highest BCUT2D eigenvalue weighted by atomic mass is 32.2. The number of nitrogens with one attached hydrogen (secondary N) is 2. The van der Waals surface area contributed by atoms with Gasteiger partial charge in [0.2, 0.25) is 5.91 Å². The minimum atomic E-state index is -3.77. The molecule has 0 aromatic heterocycles. The average molecular weight is 454 g/mol. The third-order valence-electron chi connectivity index (χ3n) is 5.00. The Balaban J connectivity index is 1.58. The SMILES string of the molecule is CN(CC(=O)Nc1cccc(S(=O)(=O)NC2=NCCCCC2)c1)Cc1ccc(C#N)cc1. The monoisotopic (exact) mass is 453 g/mol. The zero-order valence-corrected chi connectivity index (χ0v) is 18.9. The fourth-order valence-corrected chi connectivity index (χ4v) is 4.54. The first-order valence-electron chi connectivity index (χ1n) is 10.5. The smallest absolute Gasteiger partial charge is 0.262 e. The van der Waals surface area contributed by atoms with Gasteiger partial charge in [-0.05, 0) is 55.8 Å². The van der Waals surface area contributed by atoms with E-state index in [2.05, 4.69) is 21.1 Å². The summed E-state index contributed by atoms with van der Waals surface area (Å²) in [5.41, 5.74) is 1.98. The summed E-state index contributed by atoms with van der Waals surface area (Å²) in [5.74, 6) is 0.234. The van der Waals surface area contributed by atoms with Gasteiger partial charge in [0.05, 0.1) is 23.1 Å². The molecule has 1 heterocycles. The lowest BCUT2D eigenvalue weighted by atomic mass is 10.1. The first-order valence-corrected chi connectivity index (χ1v) is 12.0. The predicted molar refractivity (Wildman–Crippen MR) is 124 cm³/mol. The van der Waals surface area contributed by atoms with Crippen molar-refractivity contribution in [3.05, 3.63) is 59.7 Å². The Hall–Kier alpha value is -3.22. The molecule has 1 aliphatic rings. The van der Waals surface area contributed by atoms with E-state index in [1.165, 1.54) is 12.1 Å². The number of sulfonamides is 1. The average Bonchev–Trinajstić information content (AvgIpc) is 3.02. The second-order valence-electron chi connectivity index (χ2n) is 7.80. The molecule has 0 radical (unpaired) electrons. The first kappa shape index (κ1) is 23.4. The number of amides is 1. The highest BCUT2D eigenvalue weighted by Gasteiger charge is 2.18. The quantitative estimate of drug-likeness (QED) is 0.669. The number of carbonyl (C=O) groups is 1. The number of amidine groups is 1. The van der Waals surface area contributed by atoms with Gasteiger partial charge in [-0.2, -0.15) is 5.26 Å². The molecule has 2 aromatic carbocycles. The van der Waals surface area contributed by atoms with Crippen LogP contribution in [0.25, 0.3) is 0 Å². The predicted octanol–water partition coefficient (Wildman–Crippen LogP) is 2.88. The molecule has 0 saturated carbocycles. The Morgan fingerprint density at radius 3 is 2.69 bits per heavy atom. The Labute approximate surface area is 189 Å². The lowest BCUT2D eigenvalue weighted by molar-refractivity contribution is -0.117. The van der Waals surface area contributed by atoms with E-state index in [0.717, 1.165) is 24.8 Å². The van der Waals surface area contributed by atoms with Crippen LogP contribution in [0.2, 0.25) is 0 Å². The molecular formula is C23H27N5O3S. The molecule has 1 amide bonds. The van der Waals surface area contributed by atoms with Gasteiger partial charge >= 0.3 is 0 Å². The van der Waals surface area contributed by atoms with Crippen molar-refractivity contribution in [1.29, 1.82) is 5.26 Å². The van der Waals surface area contributed by atoms with Crippen LogP contribution in [0.3, 0.4) is 0 Å². The molecule has 168 valence electrons. The third-order valence-corrected chi connectivity index (χ3v) is 6.38. The van der Waals surface area contributed by atoms with Gasteiger partial charge in [-0.25, -0.2) is 8.42 Å². The van der Waals surface area contributed by atoms with Crippen LogP contribution in [0.5, 0.6) is 0 Å². The molecular weight excluding hydrogens is 426 g/mol. The van der Waals surface area contributed by atoms with E-state index < -0.39 is 10.0 Å². The van der Waals surface area contributed by atoms with Crippen molar-refractivity contribution in [2.24, 2.45) is 4.99 Å². The number of anilines is 1. The number of nitriles is 1. The van der Waals surface area contributed by atoms with Gasteiger partial charge in [0.15, 0.2) is 0 Å². The van der Waals surface area contributed by atoms with Crippen molar-refractivity contribution in [3.8, 4) is 6.07 Å². The summed E-state index contributed by atoms with van der Waals surface area (Å²) in [6, 6.07) is 15.4. The third kappa shape index (κ3) is 6.90. The fraction of sp³-hybridized carbons (Fsp3) is 0.348. The van der Waals surface area contributed by atoms with Crippen LogP contribution in [0, 0.1) is 11.3 Å². The van der Waals surface area contributed by atoms with Gasteiger partial charge in [-0.3, -0.25) is 19.4 Å². The number of likely N-dealkylation sites (N-methyl/N-ethyl adjacent to an activating group) is 1. The number of benzene rings is 2. The Kier molecular flexibility index (Phi) is 7.98. The van der Waals surface area contributed by atoms with Crippen LogP contribution in [0.4, 0.5) is 5.69 Å². The Morgan fingerprint density at radius 1 is 1.16 bits per heavy atom. The molecule has 3 rings (SSSR count). The van der Waals surface area contributed by atoms with Crippen LogP contribution < -0.4 is 10.0 Å². The van der Waals surface area contributed by atoms with Crippen molar-refractivity contribution in [2.75, 3.05) is 25.5 Å². The van der Waals surface area contributed by atoms with Gasteiger partial charge in [0, 0.05) is 25.2 Å². The second kappa shape index (κ2) is 10.9. The van der Waals surface area contributed by atoms with Crippen molar-refractivity contribution in [2.45, 2.75) is 37.1 Å². The van der Waals surface area contributed by atoms with E-state index >= 15 is 0 Å². The number of aliphatic imine (C=N–C) groups is 1. The number of hydrogen-bond donors (Lipinski definition) is 2. The van der Waals surface area contributed by atoms with Crippen LogP contribution in [0.15, 0.2) is 58.4 Å². The summed E-state index contributed by atoms with van der Waals surface area (Å²) >= 11 is 0. The van der Waals surface area contributed by atoms with E-state index in [0.29, 0.717) is 36.6 Å².